The Morgan fingerprint density at radius 3 is 2.52 bits per heavy atom. The number of aryl methyl sites for hydroxylation is 1. The molecule has 2 heterocycles. The van der Waals surface area contributed by atoms with Gasteiger partial charge in [0.25, 0.3) is 5.69 Å². The molecule has 0 N–H and O–H groups in total. The van der Waals surface area contributed by atoms with Gasteiger partial charge in [0.1, 0.15) is 17.3 Å². The molecule has 0 amide bonds. The van der Waals surface area contributed by atoms with Crippen LogP contribution in [-0.4, -0.2) is 10.9 Å². The zero-order valence-corrected chi connectivity index (χ0v) is 16.0. The number of furan rings is 1. The second-order valence-electron chi connectivity index (χ2n) is 6.49. The summed E-state index contributed by atoms with van der Waals surface area (Å²) in [6.07, 6.45) is 3.24. The molecule has 0 saturated heterocycles. The number of ether oxygens (including phenoxy) is 1. The van der Waals surface area contributed by atoms with Gasteiger partial charge in [-0.3, -0.25) is 10.1 Å². The van der Waals surface area contributed by atoms with Gasteiger partial charge in [0.05, 0.1) is 15.5 Å². The van der Waals surface area contributed by atoms with E-state index >= 15 is 0 Å². The van der Waals surface area contributed by atoms with Crippen LogP contribution in [-0.2, 0) is 9.53 Å². The summed E-state index contributed by atoms with van der Waals surface area (Å²) in [5.41, 5.74) is 2.70. The van der Waals surface area contributed by atoms with Gasteiger partial charge in [-0.15, -0.1) is 0 Å². The van der Waals surface area contributed by atoms with Crippen molar-refractivity contribution in [3.8, 4) is 11.3 Å². The van der Waals surface area contributed by atoms with Crippen molar-refractivity contribution in [2.24, 2.45) is 0 Å². The molecule has 1 aliphatic heterocycles. The normalized spacial score (nSPS) is 14.8. The van der Waals surface area contributed by atoms with Crippen LogP contribution in [0, 0.1) is 17.0 Å². The van der Waals surface area contributed by atoms with E-state index in [0.717, 1.165) is 11.1 Å². The Labute approximate surface area is 170 Å². The standard InChI is InChI=1S/C22H14ClNO5/c1-13-2-4-14(5-3-13)21-11-15(22(25)29-21)10-17-7-9-20(28-17)18-8-6-16(24(26)27)12-19(18)23/h2-12H,1H3/b15-10+. The average Bonchev–Trinajstić information content (AvgIpc) is 3.29. The summed E-state index contributed by atoms with van der Waals surface area (Å²) in [5, 5.41) is 11.0. The number of cyclic esters (lactones) is 1. The van der Waals surface area contributed by atoms with Gasteiger partial charge >= 0.3 is 5.97 Å². The van der Waals surface area contributed by atoms with Gasteiger partial charge in [-0.25, -0.2) is 4.79 Å². The number of non-ortho nitro benzene ring substituents is 1. The number of benzene rings is 2. The van der Waals surface area contributed by atoms with Gasteiger partial charge in [0, 0.05) is 23.3 Å². The highest BCUT2D eigenvalue weighted by Crippen LogP contribution is 2.33. The number of carbonyl (C=O) groups excluding carboxylic acids is 1. The molecule has 29 heavy (non-hydrogen) atoms. The number of esters is 1. The van der Waals surface area contributed by atoms with Crippen molar-refractivity contribution in [3.05, 3.63) is 98.3 Å². The molecular weight excluding hydrogens is 394 g/mol. The largest absolute Gasteiger partial charge is 0.457 e. The Morgan fingerprint density at radius 1 is 1.07 bits per heavy atom. The van der Waals surface area contributed by atoms with Crippen molar-refractivity contribution in [3.63, 3.8) is 0 Å². The van der Waals surface area contributed by atoms with E-state index in [1.54, 1.807) is 24.3 Å². The monoisotopic (exact) mass is 407 g/mol. The zero-order chi connectivity index (χ0) is 20.5. The van der Waals surface area contributed by atoms with Crippen molar-refractivity contribution < 1.29 is 18.9 Å². The quantitative estimate of drug-likeness (QED) is 0.236. The third kappa shape index (κ3) is 3.83. The lowest BCUT2D eigenvalue weighted by Crippen LogP contribution is -1.96. The maximum Gasteiger partial charge on any atom is 0.343 e. The van der Waals surface area contributed by atoms with E-state index in [1.807, 2.05) is 31.2 Å². The van der Waals surface area contributed by atoms with Crippen LogP contribution in [0.3, 0.4) is 0 Å². The molecule has 1 aliphatic rings. The zero-order valence-electron chi connectivity index (χ0n) is 15.2. The molecule has 2 aromatic carbocycles. The number of hydrogen-bond acceptors (Lipinski definition) is 5. The lowest BCUT2D eigenvalue weighted by molar-refractivity contribution is -0.384. The Morgan fingerprint density at radius 2 is 1.83 bits per heavy atom. The lowest BCUT2D eigenvalue weighted by atomic mass is 10.1. The predicted molar refractivity (Wildman–Crippen MR) is 109 cm³/mol. The van der Waals surface area contributed by atoms with Crippen LogP contribution in [0.4, 0.5) is 5.69 Å². The van der Waals surface area contributed by atoms with Crippen molar-refractivity contribution >= 4 is 35.1 Å². The number of hydrogen-bond donors (Lipinski definition) is 0. The minimum Gasteiger partial charge on any atom is -0.457 e. The summed E-state index contributed by atoms with van der Waals surface area (Å²) < 4.78 is 11.1. The topological polar surface area (TPSA) is 82.6 Å². The first-order chi connectivity index (χ1) is 13.9. The molecule has 3 aromatic rings. The molecule has 0 unspecified atom stereocenters. The van der Waals surface area contributed by atoms with Crippen LogP contribution in [0.25, 0.3) is 23.2 Å². The predicted octanol–water partition coefficient (Wildman–Crippen LogP) is 5.80. The second-order valence-corrected chi connectivity index (χ2v) is 6.89. The third-order valence-corrected chi connectivity index (χ3v) is 4.73. The summed E-state index contributed by atoms with van der Waals surface area (Å²) in [6, 6.07) is 15.2. The summed E-state index contributed by atoms with van der Waals surface area (Å²) >= 11 is 6.15. The SMILES string of the molecule is Cc1ccc(C2=C/C(=C\c3ccc(-c4ccc([N+](=O)[O-])cc4Cl)o3)C(=O)O2)cc1. The van der Waals surface area contributed by atoms with Gasteiger partial charge in [-0.1, -0.05) is 41.4 Å². The maximum atomic E-state index is 12.2. The minimum atomic E-state index is -0.517. The number of halogens is 1. The number of nitro benzene ring substituents is 1. The Bertz CT molecular complexity index is 1190. The maximum absolute atomic E-state index is 12.2. The smallest absolute Gasteiger partial charge is 0.343 e. The molecule has 0 fully saturated rings. The highest BCUT2D eigenvalue weighted by Gasteiger charge is 2.22. The summed E-state index contributed by atoms with van der Waals surface area (Å²) in [6.45, 7) is 1.98. The van der Waals surface area contributed by atoms with Gasteiger partial charge in [0.2, 0.25) is 0 Å². The fraction of sp³-hybridized carbons (Fsp3) is 0.0455. The molecule has 7 heteroatoms. The van der Waals surface area contributed by atoms with E-state index in [2.05, 4.69) is 0 Å². The van der Waals surface area contributed by atoms with E-state index in [1.165, 1.54) is 18.2 Å². The highest BCUT2D eigenvalue weighted by atomic mass is 35.5. The van der Waals surface area contributed by atoms with Crippen molar-refractivity contribution in [1.82, 2.24) is 0 Å². The van der Waals surface area contributed by atoms with E-state index in [0.29, 0.717) is 28.4 Å². The van der Waals surface area contributed by atoms with Crippen LogP contribution in [0.5, 0.6) is 0 Å². The van der Waals surface area contributed by atoms with Crippen LogP contribution in [0.2, 0.25) is 5.02 Å². The van der Waals surface area contributed by atoms with E-state index in [4.69, 9.17) is 20.8 Å². The molecule has 1 aromatic heterocycles. The second kappa shape index (κ2) is 7.41. The molecule has 0 aliphatic carbocycles. The van der Waals surface area contributed by atoms with E-state index in [9.17, 15) is 14.9 Å². The molecule has 4 rings (SSSR count). The molecule has 6 nitrogen and oxygen atoms in total. The molecular formula is C22H14ClNO5. The van der Waals surface area contributed by atoms with Crippen LogP contribution >= 0.6 is 11.6 Å². The van der Waals surface area contributed by atoms with Gasteiger partial charge < -0.3 is 9.15 Å². The number of carbonyl (C=O) groups is 1. The fourth-order valence-corrected chi connectivity index (χ4v) is 3.16. The van der Waals surface area contributed by atoms with Gasteiger partial charge in [0.15, 0.2) is 0 Å². The first kappa shape index (κ1) is 18.7. The molecule has 0 radical (unpaired) electrons. The number of nitrogens with zero attached hydrogens (tertiary/aromatic N) is 1. The van der Waals surface area contributed by atoms with Crippen LogP contribution in [0.1, 0.15) is 16.9 Å². The van der Waals surface area contributed by atoms with Crippen molar-refractivity contribution in [1.29, 1.82) is 0 Å². The van der Waals surface area contributed by atoms with Gasteiger partial charge in [-0.05, 0) is 37.3 Å². The summed E-state index contributed by atoms with van der Waals surface area (Å²) in [4.78, 5) is 22.5. The van der Waals surface area contributed by atoms with E-state index < -0.39 is 10.9 Å². The first-order valence-electron chi connectivity index (χ1n) is 8.67. The van der Waals surface area contributed by atoms with Crippen LogP contribution < -0.4 is 0 Å². The fourth-order valence-electron chi connectivity index (χ4n) is 2.89. The molecule has 0 spiro atoms. The number of nitro groups is 1. The van der Waals surface area contributed by atoms with Crippen molar-refractivity contribution in [2.75, 3.05) is 0 Å². The molecule has 0 atom stereocenters. The lowest BCUT2D eigenvalue weighted by Gasteiger charge is -2.01. The Balaban J connectivity index is 1.61. The Hall–Kier alpha value is -3.64. The van der Waals surface area contributed by atoms with E-state index in [-0.39, 0.29) is 10.7 Å². The Kier molecular flexibility index (Phi) is 4.78. The number of rotatable bonds is 4. The van der Waals surface area contributed by atoms with Crippen LogP contribution in [0.15, 0.2) is 70.7 Å². The average molecular weight is 408 g/mol. The summed E-state index contributed by atoms with van der Waals surface area (Å²) in [5.74, 6) is 0.881. The minimum absolute atomic E-state index is 0.102. The molecule has 0 saturated carbocycles. The summed E-state index contributed by atoms with van der Waals surface area (Å²) in [7, 11) is 0. The van der Waals surface area contributed by atoms with Gasteiger partial charge in [-0.2, -0.15) is 0 Å². The first-order valence-corrected chi connectivity index (χ1v) is 9.05. The molecule has 0 bridgehead atoms. The van der Waals surface area contributed by atoms with Crippen molar-refractivity contribution in [2.45, 2.75) is 6.92 Å². The molecule has 144 valence electrons. The highest BCUT2D eigenvalue weighted by molar-refractivity contribution is 6.33. The third-order valence-electron chi connectivity index (χ3n) is 4.41.